The van der Waals surface area contributed by atoms with Crippen molar-refractivity contribution in [2.24, 2.45) is 5.41 Å². The number of benzene rings is 1. The van der Waals surface area contributed by atoms with Crippen molar-refractivity contribution in [3.8, 4) is 0 Å². The van der Waals surface area contributed by atoms with Crippen molar-refractivity contribution in [1.82, 2.24) is 0 Å². The first-order valence-corrected chi connectivity index (χ1v) is 7.70. The fourth-order valence-electron chi connectivity index (χ4n) is 3.96. The lowest BCUT2D eigenvalue weighted by Crippen LogP contribution is -2.31. The van der Waals surface area contributed by atoms with Crippen molar-refractivity contribution in [3.63, 3.8) is 0 Å². The normalized spacial score (nSPS) is 22.8. The molecule has 1 aromatic carbocycles. The van der Waals surface area contributed by atoms with Gasteiger partial charge >= 0.3 is 0 Å². The first-order chi connectivity index (χ1) is 9.17. The minimum Gasteiger partial charge on any atom is -0.380 e. The largest absolute Gasteiger partial charge is 0.380 e. The maximum absolute atomic E-state index is 13.8. The van der Waals surface area contributed by atoms with E-state index < -0.39 is 0 Å². The molecule has 1 aromatic rings. The molecule has 0 radical (unpaired) electrons. The zero-order valence-corrected chi connectivity index (χ0v) is 11.8. The molecule has 1 N–H and O–H groups in total. The van der Waals surface area contributed by atoms with Crippen LogP contribution in [0.15, 0.2) is 18.2 Å². The molecule has 19 heavy (non-hydrogen) atoms. The van der Waals surface area contributed by atoms with Crippen LogP contribution in [0.2, 0.25) is 0 Å². The molecule has 3 rings (SSSR count). The van der Waals surface area contributed by atoms with E-state index in [0.717, 1.165) is 5.56 Å². The molecule has 104 valence electrons. The van der Waals surface area contributed by atoms with Gasteiger partial charge in [-0.2, -0.15) is 0 Å². The third kappa shape index (κ3) is 2.77. The number of aryl methyl sites for hydroxylation is 1. The molecular formula is C17H24FN. The number of hydrogen-bond donors (Lipinski definition) is 1. The number of anilines is 1. The third-order valence-corrected chi connectivity index (χ3v) is 5.19. The fourth-order valence-corrected chi connectivity index (χ4v) is 3.96. The second-order valence-electron chi connectivity index (χ2n) is 6.61. The Kier molecular flexibility index (Phi) is 3.51. The molecule has 1 spiro atoms. The molecule has 0 aromatic heterocycles. The van der Waals surface area contributed by atoms with Gasteiger partial charge in [-0.05, 0) is 68.6 Å². The van der Waals surface area contributed by atoms with Crippen molar-refractivity contribution < 1.29 is 4.39 Å². The van der Waals surface area contributed by atoms with Crippen LogP contribution >= 0.6 is 0 Å². The Morgan fingerprint density at radius 3 is 2.42 bits per heavy atom. The van der Waals surface area contributed by atoms with Gasteiger partial charge in [-0.3, -0.25) is 0 Å². The van der Waals surface area contributed by atoms with Crippen LogP contribution in [0.3, 0.4) is 0 Å². The van der Waals surface area contributed by atoms with E-state index in [-0.39, 0.29) is 5.82 Å². The summed E-state index contributed by atoms with van der Waals surface area (Å²) in [4.78, 5) is 0. The van der Waals surface area contributed by atoms with E-state index in [4.69, 9.17) is 0 Å². The average Bonchev–Trinajstić information content (AvgIpc) is 2.84. The van der Waals surface area contributed by atoms with E-state index in [0.29, 0.717) is 17.1 Å². The van der Waals surface area contributed by atoms with Gasteiger partial charge in [0.05, 0.1) is 5.69 Å². The summed E-state index contributed by atoms with van der Waals surface area (Å²) in [5.74, 6) is -0.110. The smallest absolute Gasteiger partial charge is 0.146 e. The van der Waals surface area contributed by atoms with Crippen LogP contribution in [-0.2, 0) is 0 Å². The molecular weight excluding hydrogens is 237 g/mol. The summed E-state index contributed by atoms with van der Waals surface area (Å²) >= 11 is 0. The lowest BCUT2D eigenvalue weighted by molar-refractivity contribution is 0.188. The van der Waals surface area contributed by atoms with Gasteiger partial charge in [0, 0.05) is 6.04 Å². The molecule has 2 aliphatic carbocycles. The van der Waals surface area contributed by atoms with Crippen molar-refractivity contribution in [1.29, 1.82) is 0 Å². The Balaban J connectivity index is 1.60. The summed E-state index contributed by atoms with van der Waals surface area (Å²) in [6.07, 6.45) is 10.8. The third-order valence-electron chi connectivity index (χ3n) is 5.19. The van der Waals surface area contributed by atoms with E-state index >= 15 is 0 Å². The van der Waals surface area contributed by atoms with E-state index in [9.17, 15) is 4.39 Å². The first kappa shape index (κ1) is 13.0. The van der Waals surface area contributed by atoms with E-state index in [1.807, 2.05) is 19.1 Å². The zero-order valence-electron chi connectivity index (χ0n) is 11.8. The Morgan fingerprint density at radius 1 is 1.11 bits per heavy atom. The Bertz CT molecular complexity index is 439. The zero-order chi connectivity index (χ0) is 13.3. The van der Waals surface area contributed by atoms with Gasteiger partial charge < -0.3 is 5.32 Å². The van der Waals surface area contributed by atoms with Crippen LogP contribution in [0.1, 0.15) is 56.9 Å². The highest BCUT2D eigenvalue weighted by Gasteiger charge is 2.37. The van der Waals surface area contributed by atoms with Crippen molar-refractivity contribution in [2.75, 3.05) is 5.32 Å². The van der Waals surface area contributed by atoms with Gasteiger partial charge in [0.2, 0.25) is 0 Å². The standard InChI is InChI=1S/C17H24FN/c1-13-4-5-16(15(18)12-13)19-14-6-10-17(11-7-14)8-2-3-9-17/h4-5,12,14,19H,2-3,6-11H2,1H3. The molecule has 2 heteroatoms. The van der Waals surface area contributed by atoms with Crippen LogP contribution in [0.25, 0.3) is 0 Å². The second kappa shape index (κ2) is 5.15. The van der Waals surface area contributed by atoms with Crippen molar-refractivity contribution in [3.05, 3.63) is 29.6 Å². The highest BCUT2D eigenvalue weighted by Crippen LogP contribution is 2.49. The number of halogens is 1. The summed E-state index contributed by atoms with van der Waals surface area (Å²) in [7, 11) is 0. The number of nitrogens with one attached hydrogen (secondary N) is 1. The van der Waals surface area contributed by atoms with Gasteiger partial charge in [-0.1, -0.05) is 18.9 Å². The molecule has 2 fully saturated rings. The first-order valence-electron chi connectivity index (χ1n) is 7.70. The van der Waals surface area contributed by atoms with Crippen LogP contribution in [-0.4, -0.2) is 6.04 Å². The molecule has 0 saturated heterocycles. The predicted octanol–water partition coefficient (Wildman–Crippen LogP) is 5.05. The Hall–Kier alpha value is -1.05. The number of hydrogen-bond acceptors (Lipinski definition) is 1. The topological polar surface area (TPSA) is 12.0 Å². The molecule has 0 amide bonds. The molecule has 2 aliphatic rings. The second-order valence-corrected chi connectivity index (χ2v) is 6.61. The molecule has 0 unspecified atom stereocenters. The summed E-state index contributed by atoms with van der Waals surface area (Å²) in [6.45, 7) is 1.93. The quantitative estimate of drug-likeness (QED) is 0.785. The predicted molar refractivity (Wildman–Crippen MR) is 77.9 cm³/mol. The minimum absolute atomic E-state index is 0.110. The molecule has 2 saturated carbocycles. The highest BCUT2D eigenvalue weighted by atomic mass is 19.1. The van der Waals surface area contributed by atoms with E-state index in [1.54, 1.807) is 6.07 Å². The molecule has 0 heterocycles. The van der Waals surface area contributed by atoms with Gasteiger partial charge in [-0.15, -0.1) is 0 Å². The van der Waals surface area contributed by atoms with Crippen molar-refractivity contribution in [2.45, 2.75) is 64.3 Å². The summed E-state index contributed by atoms with van der Waals surface area (Å²) in [5, 5.41) is 3.41. The van der Waals surface area contributed by atoms with Crippen LogP contribution < -0.4 is 5.32 Å². The summed E-state index contributed by atoms with van der Waals surface area (Å²) in [6, 6.07) is 5.93. The maximum atomic E-state index is 13.8. The number of rotatable bonds is 2. The van der Waals surface area contributed by atoms with E-state index in [1.165, 1.54) is 51.4 Å². The van der Waals surface area contributed by atoms with Gasteiger partial charge in [0.1, 0.15) is 5.82 Å². The molecule has 0 aliphatic heterocycles. The summed E-state index contributed by atoms with van der Waals surface area (Å²) in [5.41, 5.74) is 2.32. The maximum Gasteiger partial charge on any atom is 0.146 e. The minimum atomic E-state index is -0.110. The highest BCUT2D eigenvalue weighted by molar-refractivity contribution is 5.47. The lowest BCUT2D eigenvalue weighted by atomic mass is 9.71. The van der Waals surface area contributed by atoms with Crippen molar-refractivity contribution >= 4 is 5.69 Å². The molecule has 0 bridgehead atoms. The SMILES string of the molecule is Cc1ccc(NC2CCC3(CCCC3)CC2)c(F)c1. The van der Waals surface area contributed by atoms with Crippen LogP contribution in [0, 0.1) is 18.2 Å². The van der Waals surface area contributed by atoms with Gasteiger partial charge in [0.25, 0.3) is 0 Å². The van der Waals surface area contributed by atoms with Gasteiger partial charge in [0.15, 0.2) is 0 Å². The molecule has 0 atom stereocenters. The lowest BCUT2D eigenvalue weighted by Gasteiger charge is -2.37. The summed E-state index contributed by atoms with van der Waals surface area (Å²) < 4.78 is 13.8. The average molecular weight is 261 g/mol. The Labute approximate surface area is 115 Å². The van der Waals surface area contributed by atoms with Gasteiger partial charge in [-0.25, -0.2) is 4.39 Å². The van der Waals surface area contributed by atoms with Crippen LogP contribution in [0.5, 0.6) is 0 Å². The fraction of sp³-hybridized carbons (Fsp3) is 0.647. The molecule has 1 nitrogen and oxygen atoms in total. The Morgan fingerprint density at radius 2 is 1.79 bits per heavy atom. The monoisotopic (exact) mass is 261 g/mol. The van der Waals surface area contributed by atoms with Crippen LogP contribution in [0.4, 0.5) is 10.1 Å². The van der Waals surface area contributed by atoms with E-state index in [2.05, 4.69) is 5.32 Å².